The molecule has 4 aromatic rings. The molecule has 0 atom stereocenters. The SMILES string of the molecule is O=C(COc1ccc(F)cc1)NCCn1ncc2c(=O)n(Cc3cccc([N+](=O)[O-])c3)cnc21. The monoisotopic (exact) mass is 466 g/mol. The Hall–Kier alpha value is -4.61. The molecular formula is C22H19FN6O5. The summed E-state index contributed by atoms with van der Waals surface area (Å²) in [5.74, 6) is -0.388. The third-order valence-electron chi connectivity index (χ3n) is 4.93. The number of rotatable bonds is 9. The van der Waals surface area contributed by atoms with Gasteiger partial charge in [0.2, 0.25) is 0 Å². The zero-order chi connectivity index (χ0) is 24.1. The fourth-order valence-electron chi connectivity index (χ4n) is 3.27. The van der Waals surface area contributed by atoms with E-state index in [0.29, 0.717) is 22.3 Å². The molecule has 0 bridgehead atoms. The van der Waals surface area contributed by atoms with Crippen LogP contribution >= 0.6 is 0 Å². The van der Waals surface area contributed by atoms with Crippen molar-refractivity contribution in [3.63, 3.8) is 0 Å². The van der Waals surface area contributed by atoms with Gasteiger partial charge < -0.3 is 10.1 Å². The van der Waals surface area contributed by atoms with Gasteiger partial charge in [-0.1, -0.05) is 12.1 Å². The fourth-order valence-corrected chi connectivity index (χ4v) is 3.27. The van der Waals surface area contributed by atoms with Crippen LogP contribution in [0.3, 0.4) is 0 Å². The normalized spacial score (nSPS) is 10.9. The minimum absolute atomic E-state index is 0.0579. The number of nitro benzene ring substituents is 1. The van der Waals surface area contributed by atoms with Gasteiger partial charge in [-0.15, -0.1) is 0 Å². The summed E-state index contributed by atoms with van der Waals surface area (Å²) in [6, 6.07) is 11.4. The van der Waals surface area contributed by atoms with E-state index in [1.54, 1.807) is 12.1 Å². The highest BCUT2D eigenvalue weighted by atomic mass is 19.1. The van der Waals surface area contributed by atoms with Crippen LogP contribution in [-0.2, 0) is 17.9 Å². The van der Waals surface area contributed by atoms with Crippen LogP contribution in [0.5, 0.6) is 5.75 Å². The number of benzene rings is 2. The first kappa shape index (κ1) is 22.6. The smallest absolute Gasteiger partial charge is 0.269 e. The number of fused-ring (bicyclic) bond motifs is 1. The number of amides is 1. The molecule has 0 saturated heterocycles. The summed E-state index contributed by atoms with van der Waals surface area (Å²) in [5.41, 5.74) is 0.560. The molecule has 0 saturated carbocycles. The molecule has 0 aliphatic heterocycles. The van der Waals surface area contributed by atoms with Crippen LogP contribution in [0.25, 0.3) is 11.0 Å². The van der Waals surface area contributed by atoms with Gasteiger partial charge in [0.15, 0.2) is 12.3 Å². The van der Waals surface area contributed by atoms with Gasteiger partial charge in [-0.3, -0.25) is 24.3 Å². The standard InChI is InChI=1S/C22H19FN6O5/c23-16-4-6-18(7-5-16)34-13-20(30)24-8-9-28-21-19(11-26-28)22(31)27(14-25-21)12-15-2-1-3-17(10-15)29(32)33/h1-7,10-11,14H,8-9,12-13H2,(H,24,30). The van der Waals surface area contributed by atoms with Crippen molar-refractivity contribution in [1.29, 1.82) is 0 Å². The number of hydrogen-bond acceptors (Lipinski definition) is 7. The largest absolute Gasteiger partial charge is 0.484 e. The molecule has 12 heteroatoms. The number of nitrogens with zero attached hydrogens (tertiary/aromatic N) is 5. The van der Waals surface area contributed by atoms with Crippen molar-refractivity contribution in [2.45, 2.75) is 13.1 Å². The summed E-state index contributed by atoms with van der Waals surface area (Å²) in [5, 5.41) is 18.1. The Balaban J connectivity index is 1.36. The molecular weight excluding hydrogens is 447 g/mol. The van der Waals surface area contributed by atoms with E-state index in [1.165, 1.54) is 58.2 Å². The van der Waals surface area contributed by atoms with E-state index in [1.807, 2.05) is 0 Å². The number of carbonyl (C=O) groups excluding carboxylic acids is 1. The van der Waals surface area contributed by atoms with Gasteiger partial charge in [0, 0.05) is 18.7 Å². The number of nitrogens with one attached hydrogen (secondary N) is 1. The minimum Gasteiger partial charge on any atom is -0.484 e. The lowest BCUT2D eigenvalue weighted by molar-refractivity contribution is -0.384. The van der Waals surface area contributed by atoms with E-state index < -0.39 is 10.7 Å². The fraction of sp³-hybridized carbons (Fsp3) is 0.182. The lowest BCUT2D eigenvalue weighted by Crippen LogP contribution is -2.31. The second-order valence-corrected chi connectivity index (χ2v) is 7.30. The quantitative estimate of drug-likeness (QED) is 0.294. The maximum absolute atomic E-state index is 12.9. The Morgan fingerprint density at radius 2 is 2.00 bits per heavy atom. The summed E-state index contributed by atoms with van der Waals surface area (Å²) in [7, 11) is 0. The number of hydrogen-bond donors (Lipinski definition) is 1. The minimum atomic E-state index is -0.495. The zero-order valence-electron chi connectivity index (χ0n) is 17.8. The molecule has 1 N–H and O–H groups in total. The van der Waals surface area contributed by atoms with Crippen molar-refractivity contribution in [2.24, 2.45) is 0 Å². The lowest BCUT2D eigenvalue weighted by Gasteiger charge is -2.08. The van der Waals surface area contributed by atoms with E-state index >= 15 is 0 Å². The third kappa shape index (κ3) is 5.23. The van der Waals surface area contributed by atoms with Crippen molar-refractivity contribution >= 4 is 22.6 Å². The van der Waals surface area contributed by atoms with E-state index in [0.717, 1.165) is 0 Å². The molecule has 2 aromatic carbocycles. The van der Waals surface area contributed by atoms with Crippen molar-refractivity contribution in [1.82, 2.24) is 24.6 Å². The highest BCUT2D eigenvalue weighted by Gasteiger charge is 2.12. The van der Waals surface area contributed by atoms with Crippen molar-refractivity contribution < 1.29 is 18.8 Å². The summed E-state index contributed by atoms with van der Waals surface area (Å²) in [4.78, 5) is 39.5. The second kappa shape index (κ2) is 9.90. The molecule has 0 aliphatic rings. The summed E-state index contributed by atoms with van der Waals surface area (Å²) >= 11 is 0. The van der Waals surface area contributed by atoms with Crippen molar-refractivity contribution in [2.75, 3.05) is 13.2 Å². The first-order valence-electron chi connectivity index (χ1n) is 10.2. The number of aromatic nitrogens is 4. The maximum Gasteiger partial charge on any atom is 0.269 e. The molecule has 0 fully saturated rings. The van der Waals surface area contributed by atoms with Crippen LogP contribution in [0.4, 0.5) is 10.1 Å². The van der Waals surface area contributed by atoms with Gasteiger partial charge in [-0.05, 0) is 29.8 Å². The Kier molecular flexibility index (Phi) is 6.57. The average Bonchev–Trinajstić information content (AvgIpc) is 3.24. The van der Waals surface area contributed by atoms with Crippen LogP contribution < -0.4 is 15.6 Å². The van der Waals surface area contributed by atoms with E-state index in [-0.39, 0.29) is 43.4 Å². The van der Waals surface area contributed by atoms with Gasteiger partial charge in [0.25, 0.3) is 17.2 Å². The molecule has 34 heavy (non-hydrogen) atoms. The topological polar surface area (TPSA) is 134 Å². The molecule has 2 heterocycles. The first-order valence-corrected chi connectivity index (χ1v) is 10.2. The predicted octanol–water partition coefficient (Wildman–Crippen LogP) is 1.88. The molecule has 174 valence electrons. The van der Waals surface area contributed by atoms with Gasteiger partial charge in [-0.2, -0.15) is 5.10 Å². The zero-order valence-corrected chi connectivity index (χ0v) is 17.8. The van der Waals surface area contributed by atoms with Crippen LogP contribution in [0.1, 0.15) is 5.56 Å². The molecule has 11 nitrogen and oxygen atoms in total. The molecule has 0 aliphatic carbocycles. The number of ether oxygens (including phenoxy) is 1. The molecule has 0 unspecified atom stereocenters. The van der Waals surface area contributed by atoms with Gasteiger partial charge >= 0.3 is 0 Å². The van der Waals surface area contributed by atoms with Crippen molar-refractivity contribution in [3.05, 3.63) is 92.9 Å². The number of carbonyl (C=O) groups is 1. The predicted molar refractivity (Wildman–Crippen MR) is 119 cm³/mol. The van der Waals surface area contributed by atoms with Crippen LogP contribution in [0.15, 0.2) is 65.8 Å². The van der Waals surface area contributed by atoms with E-state index in [9.17, 15) is 24.1 Å². The van der Waals surface area contributed by atoms with Crippen LogP contribution in [0.2, 0.25) is 0 Å². The van der Waals surface area contributed by atoms with Crippen LogP contribution in [0, 0.1) is 15.9 Å². The van der Waals surface area contributed by atoms with Gasteiger partial charge in [0.05, 0.1) is 24.2 Å². The molecule has 2 aromatic heterocycles. The Morgan fingerprint density at radius 1 is 1.21 bits per heavy atom. The first-order chi connectivity index (χ1) is 16.4. The molecule has 4 rings (SSSR count). The summed E-state index contributed by atoms with van der Waals surface area (Å²) in [6.45, 7) is 0.388. The van der Waals surface area contributed by atoms with Gasteiger partial charge in [-0.25, -0.2) is 14.1 Å². The Labute approximate surface area is 191 Å². The summed E-state index contributed by atoms with van der Waals surface area (Å²) in [6.07, 6.45) is 2.75. The van der Waals surface area contributed by atoms with Gasteiger partial charge in [0.1, 0.15) is 23.3 Å². The number of non-ortho nitro benzene ring substituents is 1. The maximum atomic E-state index is 12.9. The number of nitro groups is 1. The van der Waals surface area contributed by atoms with Crippen LogP contribution in [-0.4, -0.2) is 43.3 Å². The summed E-state index contributed by atoms with van der Waals surface area (Å²) < 4.78 is 21.0. The van der Waals surface area contributed by atoms with Crippen molar-refractivity contribution in [3.8, 4) is 5.75 Å². The van der Waals surface area contributed by atoms with E-state index in [4.69, 9.17) is 4.74 Å². The highest BCUT2D eigenvalue weighted by molar-refractivity contribution is 5.77. The lowest BCUT2D eigenvalue weighted by atomic mass is 10.2. The third-order valence-corrected chi connectivity index (χ3v) is 4.93. The molecule has 0 radical (unpaired) electrons. The molecule has 1 amide bonds. The highest BCUT2D eigenvalue weighted by Crippen LogP contribution is 2.14. The average molecular weight is 466 g/mol. The Bertz CT molecular complexity index is 1400. The number of halogens is 1. The Morgan fingerprint density at radius 3 is 2.76 bits per heavy atom. The second-order valence-electron chi connectivity index (χ2n) is 7.30. The molecule has 0 spiro atoms. The van der Waals surface area contributed by atoms with E-state index in [2.05, 4.69) is 15.4 Å².